The number of rotatable bonds is 2. The monoisotopic (exact) mass is 848 g/mol. The van der Waals surface area contributed by atoms with Crippen molar-refractivity contribution in [3.63, 3.8) is 0 Å². The van der Waals surface area contributed by atoms with Crippen LogP contribution < -0.4 is 27.6 Å². The van der Waals surface area contributed by atoms with Gasteiger partial charge in [0.2, 0.25) is 0 Å². The number of hydrogen-bond donors (Lipinski definition) is 0. The molecular formula is C50H28N2O2Se2. The number of para-hydroxylation sites is 4. The molecule has 0 bridgehead atoms. The van der Waals surface area contributed by atoms with E-state index in [2.05, 4.69) is 180 Å². The molecule has 2 aromatic heterocycles. The molecule has 262 valence electrons. The summed E-state index contributed by atoms with van der Waals surface area (Å²) in [6.07, 6.45) is 0. The molecule has 4 nitrogen and oxygen atoms in total. The van der Waals surface area contributed by atoms with Crippen molar-refractivity contribution in [2.24, 2.45) is 0 Å². The van der Waals surface area contributed by atoms with E-state index in [9.17, 15) is 0 Å². The Morgan fingerprint density at radius 3 is 1.07 bits per heavy atom. The summed E-state index contributed by atoms with van der Waals surface area (Å²) < 4.78 is 18.5. The van der Waals surface area contributed by atoms with Gasteiger partial charge < -0.3 is 0 Å². The maximum absolute atomic E-state index is 6.55. The third-order valence-corrected chi connectivity index (χ3v) is 16.0. The number of hydrogen-bond acceptors (Lipinski definition) is 4. The zero-order valence-corrected chi connectivity index (χ0v) is 33.1. The first-order valence-corrected chi connectivity index (χ1v) is 22.2. The van der Waals surface area contributed by atoms with Crippen molar-refractivity contribution in [1.82, 2.24) is 0 Å². The summed E-state index contributed by atoms with van der Waals surface area (Å²) in [4.78, 5) is 5.05. The van der Waals surface area contributed by atoms with Gasteiger partial charge in [-0.1, -0.05) is 0 Å². The molecule has 0 saturated heterocycles. The Morgan fingerprint density at radius 1 is 0.286 bits per heavy atom. The van der Waals surface area contributed by atoms with Gasteiger partial charge >= 0.3 is 336 Å². The summed E-state index contributed by atoms with van der Waals surface area (Å²) in [5, 5.41) is 9.45. The molecule has 2 aliphatic rings. The van der Waals surface area contributed by atoms with E-state index < -0.39 is 0 Å². The normalized spacial score (nSPS) is 13.5. The van der Waals surface area contributed by atoms with Crippen molar-refractivity contribution in [2.45, 2.75) is 0 Å². The molecule has 2 aliphatic heterocycles. The Labute approximate surface area is 333 Å². The van der Waals surface area contributed by atoms with Gasteiger partial charge in [-0.15, -0.1) is 0 Å². The van der Waals surface area contributed by atoms with Crippen LogP contribution in [0.5, 0.6) is 0 Å². The van der Waals surface area contributed by atoms with Crippen LogP contribution in [-0.4, -0.2) is 29.9 Å². The minimum atomic E-state index is 0.117. The van der Waals surface area contributed by atoms with Gasteiger partial charge in [0, 0.05) is 0 Å². The maximum atomic E-state index is 6.55. The van der Waals surface area contributed by atoms with Crippen LogP contribution in [0.1, 0.15) is 0 Å². The third-order valence-electron chi connectivity index (χ3n) is 11.4. The van der Waals surface area contributed by atoms with Gasteiger partial charge in [0.05, 0.1) is 0 Å². The van der Waals surface area contributed by atoms with E-state index in [0.29, 0.717) is 0 Å². The predicted octanol–water partition coefficient (Wildman–Crippen LogP) is 10.7. The fourth-order valence-electron chi connectivity index (χ4n) is 8.99. The molecule has 11 aromatic rings. The second-order valence-electron chi connectivity index (χ2n) is 14.4. The predicted molar refractivity (Wildman–Crippen MR) is 235 cm³/mol. The van der Waals surface area contributed by atoms with Crippen LogP contribution in [0.2, 0.25) is 0 Å². The van der Waals surface area contributed by atoms with Gasteiger partial charge in [-0.3, -0.25) is 0 Å². The van der Waals surface area contributed by atoms with E-state index in [1.807, 2.05) is 0 Å². The van der Waals surface area contributed by atoms with E-state index in [1.54, 1.807) is 0 Å². The Hall–Kier alpha value is -6.26. The van der Waals surface area contributed by atoms with Gasteiger partial charge in [0.1, 0.15) is 0 Å². The first kappa shape index (κ1) is 31.0. The van der Waals surface area contributed by atoms with Crippen LogP contribution in [0.3, 0.4) is 0 Å². The first-order chi connectivity index (χ1) is 27.8. The molecule has 0 aliphatic carbocycles. The second kappa shape index (κ2) is 11.6. The molecule has 0 amide bonds. The third kappa shape index (κ3) is 4.30. The summed E-state index contributed by atoms with van der Waals surface area (Å²) >= 11 is 0.233. The Kier molecular flexibility index (Phi) is 6.44. The zero-order valence-electron chi connectivity index (χ0n) is 29.7. The quantitative estimate of drug-likeness (QED) is 0.128. The number of furan rings is 2. The number of nitrogens with zero attached hydrogens (tertiary/aromatic N) is 2. The van der Waals surface area contributed by atoms with Gasteiger partial charge in [-0.25, -0.2) is 0 Å². The number of benzene rings is 9. The van der Waals surface area contributed by atoms with Crippen molar-refractivity contribution < 1.29 is 8.83 Å². The molecule has 0 saturated carbocycles. The molecule has 56 heavy (non-hydrogen) atoms. The summed E-state index contributed by atoms with van der Waals surface area (Å²) in [6, 6.07) is 62.1. The fourth-order valence-corrected chi connectivity index (χ4v) is 13.5. The van der Waals surface area contributed by atoms with Gasteiger partial charge in [-0.2, -0.15) is 0 Å². The van der Waals surface area contributed by atoms with Crippen molar-refractivity contribution in [3.8, 4) is 0 Å². The molecule has 0 atom stereocenters. The molecule has 0 unspecified atom stereocenters. The number of fused-ring (bicyclic) bond motifs is 12. The Balaban J connectivity index is 1.13. The van der Waals surface area contributed by atoms with Crippen molar-refractivity contribution in [1.29, 1.82) is 0 Å². The molecule has 13 rings (SSSR count). The SMILES string of the molecule is c1ccc2c(c1)[Se]c1cc3c(cc1N2c1c2ccccc2c(N2c4ccccc4[Se]c4cc5c(cc42)oc2ccccc25)c2ccccc12)oc1ccccc13. The van der Waals surface area contributed by atoms with Gasteiger partial charge in [0.15, 0.2) is 0 Å². The average Bonchev–Trinajstić information content (AvgIpc) is 3.80. The van der Waals surface area contributed by atoms with Crippen LogP contribution in [0.15, 0.2) is 179 Å². The standard InChI is InChI=1S/C50H28N2O2Se2/c1-2-16-32-31(15-1)49(51-37-19-7-11-23-45(37)55-47-25-35-29-13-5-9-21-41(29)53-43(35)27-39(47)51)33-17-3-4-18-34(33)50(32)52-38-20-8-12-24-46(38)56-48-26-36-30-14-6-10-22-42(30)54-44(36)28-40(48)52/h1-28H. The topological polar surface area (TPSA) is 32.8 Å². The molecule has 0 radical (unpaired) electrons. The van der Waals surface area contributed by atoms with E-state index in [-0.39, 0.29) is 29.9 Å². The Bertz CT molecular complexity index is 3190. The average molecular weight is 847 g/mol. The van der Waals surface area contributed by atoms with E-state index in [4.69, 9.17) is 8.83 Å². The van der Waals surface area contributed by atoms with E-state index in [1.165, 1.54) is 84.3 Å². The van der Waals surface area contributed by atoms with Gasteiger partial charge in [0.25, 0.3) is 0 Å². The Morgan fingerprint density at radius 2 is 0.643 bits per heavy atom. The van der Waals surface area contributed by atoms with Crippen LogP contribution in [0.4, 0.5) is 34.1 Å². The molecule has 0 spiro atoms. The second-order valence-corrected chi connectivity index (χ2v) is 19.0. The minimum absolute atomic E-state index is 0.117. The molecular weight excluding hydrogens is 818 g/mol. The molecule has 9 aromatic carbocycles. The fraction of sp³-hybridized carbons (Fsp3) is 0. The first-order valence-electron chi connectivity index (χ1n) is 18.7. The van der Waals surface area contributed by atoms with Crippen LogP contribution in [0, 0.1) is 0 Å². The molecule has 4 heterocycles. The summed E-state index contributed by atoms with van der Waals surface area (Å²) in [6.45, 7) is 0. The molecule has 0 fully saturated rings. The van der Waals surface area contributed by atoms with E-state index >= 15 is 0 Å². The summed E-state index contributed by atoms with van der Waals surface area (Å²) in [5.74, 6) is 0. The van der Waals surface area contributed by atoms with Crippen LogP contribution >= 0.6 is 0 Å². The van der Waals surface area contributed by atoms with Crippen molar-refractivity contribution in [2.75, 3.05) is 9.80 Å². The van der Waals surface area contributed by atoms with Crippen molar-refractivity contribution in [3.05, 3.63) is 170 Å². The van der Waals surface area contributed by atoms with Crippen LogP contribution in [-0.2, 0) is 0 Å². The van der Waals surface area contributed by atoms with E-state index in [0.717, 1.165) is 33.1 Å². The van der Waals surface area contributed by atoms with Crippen LogP contribution in [0.25, 0.3) is 65.4 Å². The number of anilines is 6. The summed E-state index contributed by atoms with van der Waals surface area (Å²) in [5.41, 5.74) is 10.8. The molecule has 0 N–H and O–H groups in total. The zero-order chi connectivity index (χ0) is 36.5. The van der Waals surface area contributed by atoms with Crippen molar-refractivity contribution >= 4 is 147 Å². The molecule has 6 heteroatoms. The van der Waals surface area contributed by atoms with Gasteiger partial charge in [-0.05, 0) is 0 Å². The summed E-state index contributed by atoms with van der Waals surface area (Å²) in [7, 11) is 0.